The first-order valence-electron chi connectivity index (χ1n) is 8.07. The second-order valence-corrected chi connectivity index (χ2v) is 6.36. The zero-order chi connectivity index (χ0) is 16.8. The number of nitrogens with zero attached hydrogens (tertiary/aromatic N) is 5. The van der Waals surface area contributed by atoms with Crippen LogP contribution in [-0.2, 0) is 7.05 Å². The SMILES string of the molecule is Cc1cc(C(=O)N2CCC[C@@H]2c2cnn(C)c2)c2c(C)noc2n1. The van der Waals surface area contributed by atoms with E-state index in [-0.39, 0.29) is 11.9 Å². The van der Waals surface area contributed by atoms with E-state index in [0.717, 1.165) is 30.6 Å². The molecule has 3 aromatic rings. The van der Waals surface area contributed by atoms with Gasteiger partial charge in [-0.1, -0.05) is 5.16 Å². The molecule has 7 heteroatoms. The van der Waals surface area contributed by atoms with Crippen molar-refractivity contribution < 1.29 is 9.32 Å². The molecule has 1 saturated heterocycles. The Morgan fingerprint density at radius 2 is 2.21 bits per heavy atom. The predicted molar refractivity (Wildman–Crippen MR) is 87.5 cm³/mol. The largest absolute Gasteiger partial charge is 0.336 e. The molecule has 0 unspecified atom stereocenters. The summed E-state index contributed by atoms with van der Waals surface area (Å²) in [5, 5.41) is 8.92. The van der Waals surface area contributed by atoms with Crippen LogP contribution in [0.25, 0.3) is 11.1 Å². The lowest BCUT2D eigenvalue weighted by atomic mass is 10.1. The van der Waals surface area contributed by atoms with Gasteiger partial charge in [0, 0.05) is 31.0 Å². The van der Waals surface area contributed by atoms with Gasteiger partial charge in [-0.3, -0.25) is 9.48 Å². The third kappa shape index (κ3) is 2.28. The van der Waals surface area contributed by atoms with E-state index in [9.17, 15) is 4.79 Å². The first-order valence-corrected chi connectivity index (χ1v) is 8.07. The lowest BCUT2D eigenvalue weighted by Gasteiger charge is -2.24. The number of fused-ring (bicyclic) bond motifs is 1. The average molecular weight is 325 g/mol. The number of likely N-dealkylation sites (tertiary alicyclic amines) is 1. The van der Waals surface area contributed by atoms with Gasteiger partial charge in [-0.25, -0.2) is 4.98 Å². The summed E-state index contributed by atoms with van der Waals surface area (Å²) in [5.74, 6) is 0.00292. The van der Waals surface area contributed by atoms with Gasteiger partial charge in [-0.05, 0) is 32.8 Å². The van der Waals surface area contributed by atoms with E-state index in [4.69, 9.17) is 4.52 Å². The highest BCUT2D eigenvalue weighted by Crippen LogP contribution is 2.34. The molecule has 4 rings (SSSR count). The highest BCUT2D eigenvalue weighted by molar-refractivity contribution is 6.06. The number of amides is 1. The Labute approximate surface area is 139 Å². The molecular weight excluding hydrogens is 306 g/mol. The zero-order valence-electron chi connectivity index (χ0n) is 14.0. The van der Waals surface area contributed by atoms with Crippen LogP contribution in [0.15, 0.2) is 23.0 Å². The van der Waals surface area contributed by atoms with Crippen molar-refractivity contribution in [1.29, 1.82) is 0 Å². The molecule has 24 heavy (non-hydrogen) atoms. The van der Waals surface area contributed by atoms with E-state index in [1.54, 1.807) is 4.68 Å². The Morgan fingerprint density at radius 3 is 2.96 bits per heavy atom. The summed E-state index contributed by atoms with van der Waals surface area (Å²) >= 11 is 0. The van der Waals surface area contributed by atoms with E-state index in [0.29, 0.717) is 22.4 Å². The molecule has 0 N–H and O–H groups in total. The standard InChI is InChI=1S/C17H19N5O2/c1-10-7-13(15-11(2)20-24-16(15)19-10)17(23)22-6-4-5-14(22)12-8-18-21(3)9-12/h7-9,14H,4-6H2,1-3H3/t14-/m1/s1. The molecular formula is C17H19N5O2. The van der Waals surface area contributed by atoms with E-state index in [1.165, 1.54) is 0 Å². The molecule has 1 aliphatic rings. The number of pyridine rings is 1. The van der Waals surface area contributed by atoms with Gasteiger partial charge >= 0.3 is 0 Å². The third-order valence-corrected chi connectivity index (χ3v) is 4.60. The van der Waals surface area contributed by atoms with Crippen molar-refractivity contribution in [1.82, 2.24) is 24.8 Å². The molecule has 1 amide bonds. The summed E-state index contributed by atoms with van der Waals surface area (Å²) in [7, 11) is 1.89. The molecule has 1 aliphatic heterocycles. The van der Waals surface area contributed by atoms with Crippen molar-refractivity contribution in [2.45, 2.75) is 32.7 Å². The fourth-order valence-electron chi connectivity index (χ4n) is 3.51. The molecule has 3 aromatic heterocycles. The lowest BCUT2D eigenvalue weighted by molar-refractivity contribution is 0.0737. The molecule has 4 heterocycles. The van der Waals surface area contributed by atoms with Crippen molar-refractivity contribution >= 4 is 17.0 Å². The van der Waals surface area contributed by atoms with E-state index in [1.807, 2.05) is 44.3 Å². The number of aryl methyl sites for hydroxylation is 3. The summed E-state index contributed by atoms with van der Waals surface area (Å²) in [5.41, 5.74) is 3.56. The Morgan fingerprint density at radius 1 is 1.38 bits per heavy atom. The van der Waals surface area contributed by atoms with Gasteiger partial charge in [-0.15, -0.1) is 0 Å². The van der Waals surface area contributed by atoms with Gasteiger partial charge in [0.1, 0.15) is 0 Å². The van der Waals surface area contributed by atoms with Gasteiger partial charge in [-0.2, -0.15) is 5.10 Å². The Bertz CT molecular complexity index is 926. The van der Waals surface area contributed by atoms with Crippen molar-refractivity contribution in [2.75, 3.05) is 6.54 Å². The van der Waals surface area contributed by atoms with Crippen LogP contribution in [0.1, 0.15) is 46.2 Å². The molecule has 0 radical (unpaired) electrons. The van der Waals surface area contributed by atoms with Crippen LogP contribution in [0.2, 0.25) is 0 Å². The molecule has 1 fully saturated rings. The quantitative estimate of drug-likeness (QED) is 0.723. The highest BCUT2D eigenvalue weighted by Gasteiger charge is 2.33. The molecule has 0 bridgehead atoms. The van der Waals surface area contributed by atoms with Crippen molar-refractivity contribution in [3.05, 3.63) is 41.0 Å². The normalized spacial score (nSPS) is 17.8. The Kier molecular flexibility index (Phi) is 3.37. The summed E-state index contributed by atoms with van der Waals surface area (Å²) in [4.78, 5) is 19.5. The second-order valence-electron chi connectivity index (χ2n) is 6.36. The van der Waals surface area contributed by atoms with Crippen LogP contribution in [-0.4, -0.2) is 37.3 Å². The van der Waals surface area contributed by atoms with Crippen LogP contribution in [0.3, 0.4) is 0 Å². The van der Waals surface area contributed by atoms with Gasteiger partial charge in [0.25, 0.3) is 11.6 Å². The van der Waals surface area contributed by atoms with Gasteiger partial charge in [0.2, 0.25) is 0 Å². The molecule has 0 saturated carbocycles. The van der Waals surface area contributed by atoms with Crippen molar-refractivity contribution in [3.63, 3.8) is 0 Å². The van der Waals surface area contributed by atoms with Crippen LogP contribution >= 0.6 is 0 Å². The maximum absolute atomic E-state index is 13.3. The number of rotatable bonds is 2. The van der Waals surface area contributed by atoms with Crippen molar-refractivity contribution in [3.8, 4) is 0 Å². The molecule has 1 atom stereocenters. The molecule has 0 spiro atoms. The first-order chi connectivity index (χ1) is 11.5. The summed E-state index contributed by atoms with van der Waals surface area (Å²) in [6.45, 7) is 4.43. The fraction of sp³-hybridized carbons (Fsp3) is 0.412. The van der Waals surface area contributed by atoms with Crippen LogP contribution in [0.5, 0.6) is 0 Å². The minimum absolute atomic E-state index is 0.00292. The number of hydrogen-bond donors (Lipinski definition) is 0. The first kappa shape index (κ1) is 14.9. The predicted octanol–water partition coefficient (Wildman–Crippen LogP) is 2.55. The number of aromatic nitrogens is 4. The summed E-state index contributed by atoms with van der Waals surface area (Å²) < 4.78 is 7.03. The fourth-order valence-corrected chi connectivity index (χ4v) is 3.51. The van der Waals surface area contributed by atoms with E-state index >= 15 is 0 Å². The van der Waals surface area contributed by atoms with Gasteiger partial charge in [0.15, 0.2) is 0 Å². The zero-order valence-corrected chi connectivity index (χ0v) is 14.0. The van der Waals surface area contributed by atoms with E-state index < -0.39 is 0 Å². The van der Waals surface area contributed by atoms with Crippen molar-refractivity contribution in [2.24, 2.45) is 7.05 Å². The Balaban J connectivity index is 1.77. The summed E-state index contributed by atoms with van der Waals surface area (Å²) in [6.07, 6.45) is 5.76. The number of carbonyl (C=O) groups excluding carboxylic acids is 1. The molecule has 0 aromatic carbocycles. The third-order valence-electron chi connectivity index (χ3n) is 4.60. The van der Waals surface area contributed by atoms with Crippen LogP contribution in [0.4, 0.5) is 0 Å². The minimum Gasteiger partial charge on any atom is -0.336 e. The lowest BCUT2D eigenvalue weighted by Crippen LogP contribution is -2.30. The van der Waals surface area contributed by atoms with Crippen LogP contribution < -0.4 is 0 Å². The maximum Gasteiger partial charge on any atom is 0.258 e. The average Bonchev–Trinajstić information content (AvgIpc) is 3.26. The van der Waals surface area contributed by atoms with Gasteiger partial charge in [0.05, 0.1) is 28.9 Å². The van der Waals surface area contributed by atoms with Gasteiger partial charge < -0.3 is 9.42 Å². The second kappa shape index (κ2) is 5.43. The molecule has 124 valence electrons. The van der Waals surface area contributed by atoms with E-state index in [2.05, 4.69) is 15.2 Å². The van der Waals surface area contributed by atoms with Crippen LogP contribution in [0, 0.1) is 13.8 Å². The Hall–Kier alpha value is -2.70. The topological polar surface area (TPSA) is 77.0 Å². The summed E-state index contributed by atoms with van der Waals surface area (Å²) in [6, 6.07) is 1.89. The molecule has 7 nitrogen and oxygen atoms in total. The minimum atomic E-state index is 0.00292. The molecule has 0 aliphatic carbocycles. The number of carbonyl (C=O) groups is 1. The maximum atomic E-state index is 13.3. The number of hydrogen-bond acceptors (Lipinski definition) is 5. The highest BCUT2D eigenvalue weighted by atomic mass is 16.5. The monoisotopic (exact) mass is 325 g/mol. The smallest absolute Gasteiger partial charge is 0.258 e.